The molecule has 3 rings (SSSR count). The molecule has 2 aliphatic rings. The van der Waals surface area contributed by atoms with Crippen molar-refractivity contribution in [1.82, 2.24) is 0 Å². The number of allylic oxidation sites excluding steroid dienone is 2. The maximum Gasteiger partial charge on any atom is 0.338 e. The first-order valence-corrected chi connectivity index (χ1v) is 7.43. The predicted octanol–water partition coefficient (Wildman–Crippen LogP) is 2.32. The number of carbonyl (C=O) groups excluding carboxylic acids is 3. The lowest BCUT2D eigenvalue weighted by atomic mass is 9.85. The van der Waals surface area contributed by atoms with Crippen molar-refractivity contribution >= 4 is 23.5 Å². The van der Waals surface area contributed by atoms with Crippen LogP contribution in [0.2, 0.25) is 0 Å². The van der Waals surface area contributed by atoms with Gasteiger partial charge in [0, 0.05) is 0 Å². The van der Waals surface area contributed by atoms with E-state index in [1.807, 2.05) is 12.2 Å². The number of imide groups is 1. The summed E-state index contributed by atoms with van der Waals surface area (Å²) in [5.74, 6) is -1.21. The highest BCUT2D eigenvalue weighted by Crippen LogP contribution is 2.37. The van der Waals surface area contributed by atoms with E-state index in [1.165, 1.54) is 4.90 Å². The van der Waals surface area contributed by atoms with E-state index in [2.05, 4.69) is 0 Å². The number of nitrogens with zero attached hydrogens (tertiary/aromatic N) is 1. The van der Waals surface area contributed by atoms with E-state index in [-0.39, 0.29) is 23.7 Å². The Bertz CT molecular complexity index is 621. The Hall–Kier alpha value is -2.43. The average molecular weight is 299 g/mol. The minimum absolute atomic E-state index is 0.150. The van der Waals surface area contributed by atoms with Gasteiger partial charge in [0.25, 0.3) is 0 Å². The molecule has 1 aromatic rings. The number of hydrogen-bond donors (Lipinski definition) is 0. The molecule has 2 atom stereocenters. The van der Waals surface area contributed by atoms with E-state index in [4.69, 9.17) is 4.74 Å². The second-order valence-corrected chi connectivity index (χ2v) is 5.44. The van der Waals surface area contributed by atoms with Crippen LogP contribution in [0.25, 0.3) is 0 Å². The third-order valence-electron chi connectivity index (χ3n) is 4.14. The summed E-state index contributed by atoms with van der Waals surface area (Å²) in [4.78, 5) is 37.8. The normalized spacial score (nSPS) is 23.6. The molecule has 0 spiro atoms. The van der Waals surface area contributed by atoms with Gasteiger partial charge in [-0.25, -0.2) is 4.79 Å². The summed E-state index contributed by atoms with van der Waals surface area (Å²) in [5.41, 5.74) is 0.918. The third-order valence-corrected chi connectivity index (χ3v) is 4.14. The number of carbonyl (C=O) groups is 3. The molecular weight excluding hydrogens is 282 g/mol. The van der Waals surface area contributed by atoms with Crippen LogP contribution < -0.4 is 4.90 Å². The van der Waals surface area contributed by atoms with E-state index in [1.54, 1.807) is 31.2 Å². The fraction of sp³-hybridized carbons (Fsp3) is 0.353. The highest BCUT2D eigenvalue weighted by molar-refractivity contribution is 6.22. The van der Waals surface area contributed by atoms with Crippen LogP contribution >= 0.6 is 0 Å². The molecule has 1 aliphatic heterocycles. The summed E-state index contributed by atoms with van der Waals surface area (Å²) in [6, 6.07) is 6.39. The van der Waals surface area contributed by atoms with E-state index in [0.29, 0.717) is 30.7 Å². The van der Waals surface area contributed by atoms with Crippen LogP contribution in [0.3, 0.4) is 0 Å². The molecule has 0 bridgehead atoms. The Kier molecular flexibility index (Phi) is 3.79. The van der Waals surface area contributed by atoms with Crippen LogP contribution in [-0.4, -0.2) is 24.4 Å². The highest BCUT2D eigenvalue weighted by Gasteiger charge is 2.47. The highest BCUT2D eigenvalue weighted by atomic mass is 16.5. The van der Waals surface area contributed by atoms with Crippen molar-refractivity contribution in [2.75, 3.05) is 11.5 Å². The Morgan fingerprint density at radius 3 is 2.14 bits per heavy atom. The maximum atomic E-state index is 12.5. The summed E-state index contributed by atoms with van der Waals surface area (Å²) in [6.45, 7) is 2.05. The van der Waals surface area contributed by atoms with Gasteiger partial charge in [0.15, 0.2) is 0 Å². The Morgan fingerprint density at radius 1 is 1.09 bits per heavy atom. The summed E-state index contributed by atoms with van der Waals surface area (Å²) < 4.78 is 4.92. The lowest BCUT2D eigenvalue weighted by Crippen LogP contribution is -2.30. The van der Waals surface area contributed by atoms with Gasteiger partial charge >= 0.3 is 5.97 Å². The van der Waals surface area contributed by atoms with Gasteiger partial charge in [0.1, 0.15) is 0 Å². The minimum Gasteiger partial charge on any atom is -0.462 e. The van der Waals surface area contributed by atoms with Gasteiger partial charge in [-0.2, -0.15) is 0 Å². The molecule has 2 amide bonds. The summed E-state index contributed by atoms with van der Waals surface area (Å²) >= 11 is 0. The molecular formula is C17H17NO4. The van der Waals surface area contributed by atoms with Crippen molar-refractivity contribution < 1.29 is 19.1 Å². The lowest BCUT2D eigenvalue weighted by Gasteiger charge is -2.15. The summed E-state index contributed by atoms with van der Waals surface area (Å²) in [7, 11) is 0. The van der Waals surface area contributed by atoms with Crippen LogP contribution in [0.15, 0.2) is 36.4 Å². The number of benzene rings is 1. The molecule has 0 unspecified atom stereocenters. The lowest BCUT2D eigenvalue weighted by molar-refractivity contribution is -0.122. The Morgan fingerprint density at radius 2 is 1.64 bits per heavy atom. The molecule has 22 heavy (non-hydrogen) atoms. The average Bonchev–Trinajstić information content (AvgIpc) is 2.80. The number of rotatable bonds is 3. The summed E-state index contributed by atoms with van der Waals surface area (Å²) in [5, 5.41) is 0. The third kappa shape index (κ3) is 2.32. The second-order valence-electron chi connectivity index (χ2n) is 5.44. The molecule has 5 nitrogen and oxygen atoms in total. The van der Waals surface area contributed by atoms with E-state index < -0.39 is 5.97 Å². The SMILES string of the molecule is CCOC(=O)c1ccc(N2C(=O)[C@H]3CC=CC[C@H]3C2=O)cc1. The first-order chi connectivity index (χ1) is 10.6. The van der Waals surface area contributed by atoms with Gasteiger partial charge in [-0.1, -0.05) is 12.2 Å². The quantitative estimate of drug-likeness (QED) is 0.488. The zero-order valence-corrected chi connectivity index (χ0v) is 12.3. The largest absolute Gasteiger partial charge is 0.462 e. The number of amides is 2. The summed E-state index contributed by atoms with van der Waals surface area (Å²) in [6.07, 6.45) is 5.15. The van der Waals surface area contributed by atoms with Crippen molar-refractivity contribution in [3.8, 4) is 0 Å². The van der Waals surface area contributed by atoms with E-state index >= 15 is 0 Å². The number of fused-ring (bicyclic) bond motifs is 1. The number of esters is 1. The molecule has 1 fully saturated rings. The number of ether oxygens (including phenoxy) is 1. The number of anilines is 1. The molecule has 1 heterocycles. The first-order valence-electron chi connectivity index (χ1n) is 7.43. The van der Waals surface area contributed by atoms with Crippen LogP contribution in [0.4, 0.5) is 5.69 Å². The van der Waals surface area contributed by atoms with Gasteiger partial charge in [0.2, 0.25) is 11.8 Å². The Labute approximate surface area is 128 Å². The van der Waals surface area contributed by atoms with Crippen LogP contribution in [0, 0.1) is 11.8 Å². The fourth-order valence-electron chi connectivity index (χ4n) is 3.02. The van der Waals surface area contributed by atoms with Crippen LogP contribution in [0.1, 0.15) is 30.1 Å². The predicted molar refractivity (Wildman–Crippen MR) is 80.2 cm³/mol. The molecule has 0 radical (unpaired) electrons. The Balaban J connectivity index is 1.84. The van der Waals surface area contributed by atoms with E-state index in [9.17, 15) is 14.4 Å². The first kappa shape index (κ1) is 14.5. The topological polar surface area (TPSA) is 63.7 Å². The van der Waals surface area contributed by atoms with Gasteiger partial charge in [0.05, 0.1) is 29.7 Å². The van der Waals surface area contributed by atoms with Crippen LogP contribution in [-0.2, 0) is 14.3 Å². The zero-order chi connectivity index (χ0) is 15.7. The van der Waals surface area contributed by atoms with Crippen molar-refractivity contribution in [3.05, 3.63) is 42.0 Å². The fourth-order valence-corrected chi connectivity index (χ4v) is 3.02. The van der Waals surface area contributed by atoms with Gasteiger partial charge in [-0.05, 0) is 44.0 Å². The van der Waals surface area contributed by atoms with Crippen molar-refractivity contribution in [2.24, 2.45) is 11.8 Å². The molecule has 0 aromatic heterocycles. The maximum absolute atomic E-state index is 12.5. The van der Waals surface area contributed by atoms with Crippen molar-refractivity contribution in [2.45, 2.75) is 19.8 Å². The molecule has 5 heteroatoms. The number of hydrogen-bond acceptors (Lipinski definition) is 4. The van der Waals surface area contributed by atoms with Gasteiger partial charge in [-0.15, -0.1) is 0 Å². The zero-order valence-electron chi connectivity index (χ0n) is 12.3. The van der Waals surface area contributed by atoms with Crippen molar-refractivity contribution in [3.63, 3.8) is 0 Å². The molecule has 0 saturated carbocycles. The molecule has 1 saturated heterocycles. The smallest absolute Gasteiger partial charge is 0.338 e. The van der Waals surface area contributed by atoms with Crippen LogP contribution in [0.5, 0.6) is 0 Å². The molecule has 1 aliphatic carbocycles. The minimum atomic E-state index is -0.411. The standard InChI is InChI=1S/C17H17NO4/c1-2-22-17(21)11-7-9-12(10-8-11)18-15(19)13-5-3-4-6-14(13)16(18)20/h3-4,7-10,13-14H,2,5-6H2,1H3/t13-,14+. The molecule has 0 N–H and O–H groups in total. The second kappa shape index (κ2) is 5.75. The monoisotopic (exact) mass is 299 g/mol. The van der Waals surface area contributed by atoms with E-state index in [0.717, 1.165) is 0 Å². The molecule has 1 aromatic carbocycles. The van der Waals surface area contributed by atoms with Gasteiger partial charge in [-0.3, -0.25) is 14.5 Å². The molecule has 114 valence electrons. The van der Waals surface area contributed by atoms with Crippen molar-refractivity contribution in [1.29, 1.82) is 0 Å². The van der Waals surface area contributed by atoms with Gasteiger partial charge < -0.3 is 4.74 Å².